The molecule has 1 aliphatic rings. The summed E-state index contributed by atoms with van der Waals surface area (Å²) in [5.41, 5.74) is 0.666. The maximum Gasteiger partial charge on any atom is 0.142 e. The van der Waals surface area contributed by atoms with Gasteiger partial charge in [-0.2, -0.15) is 11.8 Å². The molecule has 0 heterocycles. The largest absolute Gasteiger partial charge is 0.307 e. The molecule has 0 amide bonds. The SMILES string of the molecule is CSC1CCCC(NC(C)c2c(Cl)ccc(F)c2Cl)C1. The van der Waals surface area contributed by atoms with Gasteiger partial charge in [0.2, 0.25) is 0 Å². The van der Waals surface area contributed by atoms with Crippen LogP contribution in [0.15, 0.2) is 12.1 Å². The minimum atomic E-state index is -0.412. The second-order valence-electron chi connectivity index (χ2n) is 5.37. The molecule has 2 rings (SSSR count). The van der Waals surface area contributed by atoms with Crippen molar-refractivity contribution in [3.8, 4) is 0 Å². The molecule has 0 aromatic heterocycles. The van der Waals surface area contributed by atoms with Gasteiger partial charge in [-0.15, -0.1) is 0 Å². The molecule has 1 N–H and O–H groups in total. The molecule has 20 heavy (non-hydrogen) atoms. The van der Waals surface area contributed by atoms with Gasteiger partial charge >= 0.3 is 0 Å². The maximum absolute atomic E-state index is 13.6. The third kappa shape index (κ3) is 3.82. The zero-order valence-electron chi connectivity index (χ0n) is 11.8. The minimum absolute atomic E-state index is 0.0451. The summed E-state index contributed by atoms with van der Waals surface area (Å²) in [5.74, 6) is -0.412. The van der Waals surface area contributed by atoms with E-state index >= 15 is 0 Å². The summed E-state index contributed by atoms with van der Waals surface area (Å²) in [6, 6.07) is 3.29. The quantitative estimate of drug-likeness (QED) is 0.733. The molecule has 5 heteroatoms. The second kappa shape index (κ2) is 7.35. The number of hydrogen-bond donors (Lipinski definition) is 1. The van der Waals surface area contributed by atoms with Crippen molar-refractivity contribution in [3.05, 3.63) is 33.6 Å². The number of thioether (sulfide) groups is 1. The van der Waals surface area contributed by atoms with Gasteiger partial charge in [0.25, 0.3) is 0 Å². The van der Waals surface area contributed by atoms with E-state index in [2.05, 4.69) is 11.6 Å². The lowest BCUT2D eigenvalue weighted by molar-refractivity contribution is 0.353. The third-order valence-electron chi connectivity index (χ3n) is 3.96. The van der Waals surface area contributed by atoms with Crippen LogP contribution in [-0.4, -0.2) is 17.5 Å². The van der Waals surface area contributed by atoms with E-state index in [9.17, 15) is 4.39 Å². The van der Waals surface area contributed by atoms with Crippen LogP contribution in [0.25, 0.3) is 0 Å². The lowest BCUT2D eigenvalue weighted by atomic mass is 9.93. The molecule has 0 radical (unpaired) electrons. The molecule has 3 unspecified atom stereocenters. The normalized spacial score (nSPS) is 24.6. The zero-order valence-corrected chi connectivity index (χ0v) is 14.1. The highest BCUT2D eigenvalue weighted by Gasteiger charge is 2.24. The van der Waals surface area contributed by atoms with Gasteiger partial charge in [0.05, 0.1) is 5.02 Å². The average molecular weight is 336 g/mol. The molecule has 0 saturated heterocycles. The first kappa shape index (κ1) is 16.4. The van der Waals surface area contributed by atoms with E-state index in [0.717, 1.165) is 12.8 Å². The monoisotopic (exact) mass is 335 g/mol. The first-order valence-electron chi connectivity index (χ1n) is 6.95. The Kier molecular flexibility index (Phi) is 6.03. The molecule has 1 saturated carbocycles. The highest BCUT2D eigenvalue weighted by Crippen LogP contribution is 2.34. The fraction of sp³-hybridized carbons (Fsp3) is 0.600. The van der Waals surface area contributed by atoms with Gasteiger partial charge in [-0.05, 0) is 44.6 Å². The standard InChI is InChI=1S/C15H20Cl2FNS/c1-9(14-12(16)6-7-13(18)15(14)17)19-10-4-3-5-11(8-10)20-2/h6-7,9-11,19H,3-5,8H2,1-2H3. The van der Waals surface area contributed by atoms with Crippen molar-refractivity contribution >= 4 is 35.0 Å². The topological polar surface area (TPSA) is 12.0 Å². The molecule has 1 nitrogen and oxygen atoms in total. The van der Waals surface area contributed by atoms with E-state index in [1.807, 2.05) is 18.7 Å². The van der Waals surface area contributed by atoms with Gasteiger partial charge in [0.15, 0.2) is 0 Å². The highest BCUT2D eigenvalue weighted by atomic mass is 35.5. The Labute approximate surface area is 134 Å². The second-order valence-corrected chi connectivity index (χ2v) is 7.29. The predicted molar refractivity (Wildman–Crippen MR) is 87.5 cm³/mol. The zero-order chi connectivity index (χ0) is 14.7. The van der Waals surface area contributed by atoms with Crippen LogP contribution in [0.1, 0.15) is 44.2 Å². The van der Waals surface area contributed by atoms with Crippen LogP contribution in [0, 0.1) is 5.82 Å². The van der Waals surface area contributed by atoms with Gasteiger partial charge in [-0.1, -0.05) is 29.6 Å². The minimum Gasteiger partial charge on any atom is -0.307 e. The van der Waals surface area contributed by atoms with Crippen LogP contribution in [0.3, 0.4) is 0 Å². The van der Waals surface area contributed by atoms with Crippen LogP contribution in [0.2, 0.25) is 10.0 Å². The van der Waals surface area contributed by atoms with Gasteiger partial charge in [-0.3, -0.25) is 0 Å². The molecular formula is C15H20Cl2FNS. The predicted octanol–water partition coefficient (Wildman–Crippen LogP) is 5.46. The fourth-order valence-corrected chi connectivity index (χ4v) is 4.41. The highest BCUT2D eigenvalue weighted by molar-refractivity contribution is 7.99. The van der Waals surface area contributed by atoms with Crippen LogP contribution in [0.5, 0.6) is 0 Å². The number of hydrogen-bond acceptors (Lipinski definition) is 2. The molecule has 1 aliphatic carbocycles. The first-order valence-corrected chi connectivity index (χ1v) is 8.99. The van der Waals surface area contributed by atoms with Crippen molar-refractivity contribution in [2.45, 2.75) is 49.9 Å². The molecular weight excluding hydrogens is 316 g/mol. The van der Waals surface area contributed by atoms with E-state index in [1.54, 1.807) is 6.07 Å². The molecule has 0 spiro atoms. The number of halogens is 3. The van der Waals surface area contributed by atoms with E-state index in [-0.39, 0.29) is 11.1 Å². The number of rotatable bonds is 4. The van der Waals surface area contributed by atoms with E-state index in [1.165, 1.54) is 18.9 Å². The van der Waals surface area contributed by atoms with E-state index < -0.39 is 5.82 Å². The van der Waals surface area contributed by atoms with Crippen LogP contribution < -0.4 is 5.32 Å². The Morgan fingerprint density at radius 2 is 2.10 bits per heavy atom. The summed E-state index contributed by atoms with van der Waals surface area (Å²) in [6.07, 6.45) is 6.99. The average Bonchev–Trinajstić information content (AvgIpc) is 2.43. The van der Waals surface area contributed by atoms with Crippen molar-refractivity contribution in [3.63, 3.8) is 0 Å². The third-order valence-corrected chi connectivity index (χ3v) is 5.77. The van der Waals surface area contributed by atoms with Crippen molar-refractivity contribution in [1.29, 1.82) is 0 Å². The van der Waals surface area contributed by atoms with Crippen LogP contribution in [0.4, 0.5) is 4.39 Å². The molecule has 112 valence electrons. The number of nitrogens with one attached hydrogen (secondary N) is 1. The lowest BCUT2D eigenvalue weighted by Gasteiger charge is -2.31. The molecule has 1 aromatic carbocycles. The van der Waals surface area contributed by atoms with Crippen molar-refractivity contribution in [1.82, 2.24) is 5.32 Å². The van der Waals surface area contributed by atoms with E-state index in [4.69, 9.17) is 23.2 Å². The Bertz CT molecular complexity index is 469. The molecule has 0 bridgehead atoms. The van der Waals surface area contributed by atoms with Gasteiger partial charge in [0.1, 0.15) is 5.82 Å². The Balaban J connectivity index is 2.08. The fourth-order valence-electron chi connectivity index (χ4n) is 2.89. The summed E-state index contributed by atoms with van der Waals surface area (Å²) in [4.78, 5) is 0. The maximum atomic E-state index is 13.6. The van der Waals surface area contributed by atoms with Crippen LogP contribution >= 0.6 is 35.0 Å². The van der Waals surface area contributed by atoms with Gasteiger partial charge in [0, 0.05) is 27.9 Å². The van der Waals surface area contributed by atoms with Gasteiger partial charge < -0.3 is 5.32 Å². The van der Waals surface area contributed by atoms with Crippen LogP contribution in [-0.2, 0) is 0 Å². The summed E-state index contributed by atoms with van der Waals surface area (Å²) in [5, 5.41) is 4.93. The summed E-state index contributed by atoms with van der Waals surface area (Å²) >= 11 is 14.2. The molecule has 0 aliphatic heterocycles. The Morgan fingerprint density at radius 3 is 2.80 bits per heavy atom. The smallest absolute Gasteiger partial charge is 0.142 e. The summed E-state index contributed by atoms with van der Waals surface area (Å²) < 4.78 is 13.6. The molecule has 3 atom stereocenters. The molecule has 1 aromatic rings. The lowest BCUT2D eigenvalue weighted by Crippen LogP contribution is -2.36. The summed E-state index contributed by atoms with van der Waals surface area (Å²) in [6.45, 7) is 2.00. The molecule has 1 fully saturated rings. The summed E-state index contributed by atoms with van der Waals surface area (Å²) in [7, 11) is 0. The number of benzene rings is 1. The Morgan fingerprint density at radius 1 is 1.35 bits per heavy atom. The van der Waals surface area contributed by atoms with Crippen molar-refractivity contribution < 1.29 is 4.39 Å². The van der Waals surface area contributed by atoms with E-state index in [0.29, 0.717) is 21.9 Å². The van der Waals surface area contributed by atoms with Gasteiger partial charge in [-0.25, -0.2) is 4.39 Å². The van der Waals surface area contributed by atoms with Crippen molar-refractivity contribution in [2.75, 3.05) is 6.26 Å². The van der Waals surface area contributed by atoms with Crippen molar-refractivity contribution in [2.24, 2.45) is 0 Å². The first-order chi connectivity index (χ1) is 9.52. The Hall–Kier alpha value is 0.0400.